The number of halogens is 2. The highest BCUT2D eigenvalue weighted by molar-refractivity contribution is 6.42. The van der Waals surface area contributed by atoms with Gasteiger partial charge < -0.3 is 0 Å². The summed E-state index contributed by atoms with van der Waals surface area (Å²) in [6.45, 7) is 4.73. The number of fused-ring (bicyclic) bond motifs is 1. The minimum atomic E-state index is -0.0926. The molecule has 7 heteroatoms. The van der Waals surface area contributed by atoms with Crippen molar-refractivity contribution in [3.8, 4) is 5.69 Å². The quantitative estimate of drug-likeness (QED) is 0.734. The molecule has 0 radical (unpaired) electrons. The van der Waals surface area contributed by atoms with Crippen molar-refractivity contribution in [3.05, 3.63) is 51.1 Å². The van der Waals surface area contributed by atoms with Gasteiger partial charge in [-0.05, 0) is 24.1 Å². The van der Waals surface area contributed by atoms with Crippen molar-refractivity contribution >= 4 is 34.2 Å². The standard InChI is InChI=1S/C15H14Cl2N4O/c1-9(2)7-20-8-18-14-11(15(20)22)6-19-21(14)10-3-4-12(16)13(17)5-10/h3-6,8-9H,7H2,1-2H3. The van der Waals surface area contributed by atoms with Gasteiger partial charge >= 0.3 is 0 Å². The van der Waals surface area contributed by atoms with Crippen molar-refractivity contribution in [1.82, 2.24) is 19.3 Å². The van der Waals surface area contributed by atoms with E-state index in [2.05, 4.69) is 23.9 Å². The largest absolute Gasteiger partial charge is 0.298 e. The van der Waals surface area contributed by atoms with Crippen LogP contribution in [0, 0.1) is 5.92 Å². The first-order valence-corrected chi connectivity index (χ1v) is 7.61. The van der Waals surface area contributed by atoms with Crippen LogP contribution in [-0.2, 0) is 6.54 Å². The van der Waals surface area contributed by atoms with Gasteiger partial charge in [0.05, 0.1) is 28.3 Å². The second-order valence-electron chi connectivity index (χ2n) is 5.49. The van der Waals surface area contributed by atoms with E-state index in [0.29, 0.717) is 39.2 Å². The molecule has 0 N–H and O–H groups in total. The van der Waals surface area contributed by atoms with Crippen LogP contribution in [0.5, 0.6) is 0 Å². The zero-order valence-corrected chi connectivity index (χ0v) is 13.6. The molecule has 0 bridgehead atoms. The summed E-state index contributed by atoms with van der Waals surface area (Å²) in [5.74, 6) is 0.363. The fourth-order valence-electron chi connectivity index (χ4n) is 2.28. The molecule has 22 heavy (non-hydrogen) atoms. The van der Waals surface area contributed by atoms with E-state index in [4.69, 9.17) is 23.2 Å². The lowest BCUT2D eigenvalue weighted by atomic mass is 10.2. The van der Waals surface area contributed by atoms with Gasteiger partial charge in [0.1, 0.15) is 5.39 Å². The molecule has 114 valence electrons. The van der Waals surface area contributed by atoms with Gasteiger partial charge in [-0.15, -0.1) is 0 Å². The zero-order valence-electron chi connectivity index (χ0n) is 12.1. The van der Waals surface area contributed by atoms with Crippen molar-refractivity contribution in [2.45, 2.75) is 20.4 Å². The van der Waals surface area contributed by atoms with E-state index >= 15 is 0 Å². The van der Waals surface area contributed by atoms with Crippen molar-refractivity contribution in [3.63, 3.8) is 0 Å². The summed E-state index contributed by atoms with van der Waals surface area (Å²) >= 11 is 12.0. The molecule has 0 atom stereocenters. The molecule has 0 fully saturated rings. The lowest BCUT2D eigenvalue weighted by molar-refractivity contribution is 0.508. The van der Waals surface area contributed by atoms with Crippen LogP contribution in [0.25, 0.3) is 16.7 Å². The Balaban J connectivity index is 2.15. The molecule has 2 aromatic heterocycles. The molecule has 0 aliphatic heterocycles. The monoisotopic (exact) mass is 336 g/mol. The third kappa shape index (κ3) is 2.62. The molecule has 0 amide bonds. The van der Waals surface area contributed by atoms with Crippen LogP contribution in [-0.4, -0.2) is 19.3 Å². The molecular weight excluding hydrogens is 323 g/mol. The molecule has 0 saturated carbocycles. The summed E-state index contributed by atoms with van der Waals surface area (Å²) in [7, 11) is 0. The highest BCUT2D eigenvalue weighted by Gasteiger charge is 2.12. The van der Waals surface area contributed by atoms with Crippen molar-refractivity contribution in [2.75, 3.05) is 0 Å². The molecule has 2 heterocycles. The topological polar surface area (TPSA) is 52.7 Å². The van der Waals surface area contributed by atoms with Crippen molar-refractivity contribution < 1.29 is 0 Å². The van der Waals surface area contributed by atoms with Crippen LogP contribution >= 0.6 is 23.2 Å². The van der Waals surface area contributed by atoms with Gasteiger partial charge in [0.25, 0.3) is 5.56 Å². The van der Waals surface area contributed by atoms with Crippen LogP contribution in [0.2, 0.25) is 10.0 Å². The Kier molecular flexibility index (Phi) is 3.93. The second kappa shape index (κ2) is 5.74. The van der Waals surface area contributed by atoms with Gasteiger partial charge in [-0.2, -0.15) is 5.10 Å². The van der Waals surface area contributed by atoms with Gasteiger partial charge in [0.15, 0.2) is 5.65 Å². The molecule has 0 aliphatic rings. The first-order chi connectivity index (χ1) is 10.5. The summed E-state index contributed by atoms with van der Waals surface area (Å²) in [6, 6.07) is 5.16. The molecule has 0 unspecified atom stereocenters. The molecule has 3 rings (SSSR count). The zero-order chi connectivity index (χ0) is 15.9. The maximum absolute atomic E-state index is 12.5. The number of hydrogen-bond acceptors (Lipinski definition) is 3. The first kappa shape index (κ1) is 15.1. The maximum Gasteiger partial charge on any atom is 0.264 e. The number of rotatable bonds is 3. The fourth-order valence-corrected chi connectivity index (χ4v) is 2.57. The predicted octanol–water partition coefficient (Wildman–Crippen LogP) is 3.55. The maximum atomic E-state index is 12.5. The Bertz CT molecular complexity index is 898. The third-order valence-corrected chi connectivity index (χ3v) is 4.00. The van der Waals surface area contributed by atoms with Gasteiger partial charge in [-0.3, -0.25) is 9.36 Å². The average molecular weight is 337 g/mol. The van der Waals surface area contributed by atoms with Crippen LogP contribution in [0.15, 0.2) is 35.5 Å². The smallest absolute Gasteiger partial charge is 0.264 e. The van der Waals surface area contributed by atoms with Crippen molar-refractivity contribution in [2.24, 2.45) is 5.92 Å². The molecular formula is C15H14Cl2N4O. The normalized spacial score (nSPS) is 11.5. The summed E-state index contributed by atoms with van der Waals surface area (Å²) in [4.78, 5) is 16.8. The van der Waals surface area contributed by atoms with Gasteiger partial charge in [-0.1, -0.05) is 37.0 Å². The molecule has 0 aliphatic carbocycles. The SMILES string of the molecule is CC(C)Cn1cnc2c(cnn2-c2ccc(Cl)c(Cl)c2)c1=O. The predicted molar refractivity (Wildman–Crippen MR) is 88.0 cm³/mol. The van der Waals surface area contributed by atoms with Gasteiger partial charge in [-0.25, -0.2) is 9.67 Å². The number of benzene rings is 1. The molecule has 0 spiro atoms. The average Bonchev–Trinajstić information content (AvgIpc) is 2.89. The van der Waals surface area contributed by atoms with Crippen LogP contribution in [0.4, 0.5) is 0 Å². The van der Waals surface area contributed by atoms with Crippen LogP contribution in [0.3, 0.4) is 0 Å². The fraction of sp³-hybridized carbons (Fsp3) is 0.267. The Morgan fingerprint density at radius 3 is 2.68 bits per heavy atom. The Morgan fingerprint density at radius 2 is 2.00 bits per heavy atom. The minimum absolute atomic E-state index is 0.0926. The van der Waals surface area contributed by atoms with E-state index in [1.165, 1.54) is 6.20 Å². The Morgan fingerprint density at radius 1 is 1.23 bits per heavy atom. The van der Waals surface area contributed by atoms with Gasteiger partial charge in [0.2, 0.25) is 0 Å². The highest BCUT2D eigenvalue weighted by atomic mass is 35.5. The van der Waals surface area contributed by atoms with Crippen molar-refractivity contribution in [1.29, 1.82) is 0 Å². The minimum Gasteiger partial charge on any atom is -0.298 e. The number of hydrogen-bond donors (Lipinski definition) is 0. The lowest BCUT2D eigenvalue weighted by Gasteiger charge is -2.08. The molecule has 1 aromatic carbocycles. The first-order valence-electron chi connectivity index (χ1n) is 6.86. The van der Waals surface area contributed by atoms with E-state index in [9.17, 15) is 4.79 Å². The lowest BCUT2D eigenvalue weighted by Crippen LogP contribution is -2.22. The van der Waals surface area contributed by atoms with E-state index in [1.807, 2.05) is 0 Å². The van der Waals surface area contributed by atoms with Gasteiger partial charge in [0, 0.05) is 6.54 Å². The Labute approximate surface area is 137 Å². The number of aromatic nitrogens is 4. The highest BCUT2D eigenvalue weighted by Crippen LogP contribution is 2.25. The Hall–Kier alpha value is -1.85. The summed E-state index contributed by atoms with van der Waals surface area (Å²) in [5.41, 5.74) is 1.12. The third-order valence-electron chi connectivity index (χ3n) is 3.26. The molecule has 0 saturated heterocycles. The van der Waals surface area contributed by atoms with Crippen LogP contribution in [0.1, 0.15) is 13.8 Å². The number of nitrogens with zero attached hydrogens (tertiary/aromatic N) is 4. The second-order valence-corrected chi connectivity index (χ2v) is 6.30. The summed E-state index contributed by atoms with van der Waals surface area (Å²) in [5, 5.41) is 5.63. The van der Waals surface area contributed by atoms with E-state index in [-0.39, 0.29) is 5.56 Å². The molecule has 3 aromatic rings. The van der Waals surface area contributed by atoms with Crippen LogP contribution < -0.4 is 5.56 Å². The van der Waals surface area contributed by atoms with E-state index < -0.39 is 0 Å². The van der Waals surface area contributed by atoms with E-state index in [0.717, 1.165) is 0 Å². The van der Waals surface area contributed by atoms with E-state index in [1.54, 1.807) is 33.8 Å². The summed E-state index contributed by atoms with van der Waals surface area (Å²) < 4.78 is 3.19. The molecule has 5 nitrogen and oxygen atoms in total. The summed E-state index contributed by atoms with van der Waals surface area (Å²) in [6.07, 6.45) is 3.09.